The van der Waals surface area contributed by atoms with Gasteiger partial charge in [0.1, 0.15) is 0 Å². The number of hydrogen-bond acceptors (Lipinski definition) is 4. The molecule has 0 bridgehead atoms. The van der Waals surface area contributed by atoms with Gasteiger partial charge in [-0.05, 0) is 43.7 Å². The topological polar surface area (TPSA) is 41.0 Å². The van der Waals surface area contributed by atoms with Crippen LogP contribution in [0.2, 0.25) is 0 Å². The number of piperidine rings is 1. The smallest absolute Gasteiger partial charge is 0.225 e. The average molecular weight is 371 g/mol. The second-order valence-electron chi connectivity index (χ2n) is 7.22. The number of benzene rings is 1. The molecule has 1 aromatic heterocycles. The number of hydrogen-bond donors (Lipinski definition) is 1. The van der Waals surface area contributed by atoms with Gasteiger partial charge in [0.25, 0.3) is 0 Å². The molecule has 2 heterocycles. The number of aromatic nitrogens is 2. The zero-order chi connectivity index (χ0) is 17.1. The van der Waals surface area contributed by atoms with Crippen molar-refractivity contribution >= 4 is 24.4 Å². The summed E-state index contributed by atoms with van der Waals surface area (Å²) in [4.78, 5) is 11.0. The fraction of sp³-hybridized carbons (Fsp3) is 0.429. The Labute approximate surface area is 162 Å². The molecule has 0 amide bonds. The van der Waals surface area contributed by atoms with Crippen LogP contribution in [0.15, 0.2) is 54.4 Å². The molecule has 2 fully saturated rings. The first kappa shape index (κ1) is 18.9. The van der Waals surface area contributed by atoms with E-state index in [0.29, 0.717) is 18.0 Å². The number of anilines is 1. The molecule has 1 saturated carbocycles. The molecule has 2 aromatic rings. The maximum atomic E-state index is 4.36. The number of nitrogens with zero attached hydrogens (tertiary/aromatic N) is 3. The summed E-state index contributed by atoms with van der Waals surface area (Å²) < 4.78 is 0. The molecule has 5 heteroatoms. The first-order valence-electron chi connectivity index (χ1n) is 9.31. The standard InChI is InChI=1S/C21H26N4.ClH/c1-16(14-17-6-3-2-4-7-17)19-15-20(19)24-18-8-12-25(13-9-18)21-22-10-5-11-23-21;/h2-7,10-11,14,18-20,24H,8-9,12-13,15H2,1H3;1H/t19-,20+;/m0./s1. The summed E-state index contributed by atoms with van der Waals surface area (Å²) in [5.74, 6) is 1.57. The van der Waals surface area contributed by atoms with Crippen LogP contribution >= 0.6 is 12.4 Å². The Bertz CT molecular complexity index is 711. The number of halogens is 1. The van der Waals surface area contributed by atoms with Gasteiger partial charge in [0.05, 0.1) is 0 Å². The lowest BCUT2D eigenvalue weighted by Crippen LogP contribution is -2.44. The van der Waals surface area contributed by atoms with Crippen molar-refractivity contribution in [2.75, 3.05) is 18.0 Å². The van der Waals surface area contributed by atoms with Crippen LogP contribution in [0.5, 0.6) is 0 Å². The van der Waals surface area contributed by atoms with Gasteiger partial charge in [0.2, 0.25) is 5.95 Å². The highest BCUT2D eigenvalue weighted by atomic mass is 35.5. The molecule has 0 radical (unpaired) electrons. The molecule has 0 unspecified atom stereocenters. The first-order chi connectivity index (χ1) is 12.3. The Hall–Kier alpha value is -1.91. The predicted molar refractivity (Wildman–Crippen MR) is 110 cm³/mol. The van der Waals surface area contributed by atoms with E-state index in [4.69, 9.17) is 0 Å². The average Bonchev–Trinajstić information content (AvgIpc) is 3.43. The molecule has 138 valence electrons. The third-order valence-corrected chi connectivity index (χ3v) is 5.35. The third-order valence-electron chi connectivity index (χ3n) is 5.35. The van der Waals surface area contributed by atoms with Gasteiger partial charge in [-0.15, -0.1) is 12.4 Å². The van der Waals surface area contributed by atoms with Crippen LogP contribution in [0.1, 0.15) is 31.7 Å². The van der Waals surface area contributed by atoms with Crippen molar-refractivity contribution in [2.24, 2.45) is 5.92 Å². The lowest BCUT2D eigenvalue weighted by atomic mass is 10.0. The van der Waals surface area contributed by atoms with E-state index in [1.165, 1.54) is 30.4 Å². The summed E-state index contributed by atoms with van der Waals surface area (Å²) in [6.07, 6.45) is 9.59. The lowest BCUT2D eigenvalue weighted by Gasteiger charge is -2.32. The largest absolute Gasteiger partial charge is 0.341 e. The highest BCUT2D eigenvalue weighted by molar-refractivity contribution is 5.85. The van der Waals surface area contributed by atoms with Crippen LogP contribution in [0.4, 0.5) is 5.95 Å². The highest BCUT2D eigenvalue weighted by Gasteiger charge is 2.39. The Morgan fingerprint density at radius 3 is 2.46 bits per heavy atom. The third kappa shape index (κ3) is 4.63. The van der Waals surface area contributed by atoms with Crippen molar-refractivity contribution in [1.29, 1.82) is 0 Å². The van der Waals surface area contributed by atoms with E-state index in [2.05, 4.69) is 63.5 Å². The van der Waals surface area contributed by atoms with E-state index in [1.807, 2.05) is 18.5 Å². The van der Waals surface area contributed by atoms with E-state index in [1.54, 1.807) is 0 Å². The molecule has 4 nitrogen and oxygen atoms in total. The van der Waals surface area contributed by atoms with E-state index in [0.717, 1.165) is 19.0 Å². The first-order valence-corrected chi connectivity index (χ1v) is 9.31. The molecular formula is C21H27ClN4. The van der Waals surface area contributed by atoms with Crippen LogP contribution in [-0.2, 0) is 0 Å². The van der Waals surface area contributed by atoms with Gasteiger partial charge in [-0.2, -0.15) is 0 Å². The Morgan fingerprint density at radius 1 is 1.08 bits per heavy atom. The summed E-state index contributed by atoms with van der Waals surface area (Å²) in [6, 6.07) is 13.8. The van der Waals surface area contributed by atoms with E-state index >= 15 is 0 Å². The summed E-state index contributed by atoms with van der Waals surface area (Å²) in [7, 11) is 0. The molecule has 1 aliphatic carbocycles. The van der Waals surface area contributed by atoms with Crippen LogP contribution in [0.25, 0.3) is 6.08 Å². The van der Waals surface area contributed by atoms with Crippen LogP contribution in [-0.4, -0.2) is 35.1 Å². The molecule has 1 saturated heterocycles. The molecule has 4 rings (SSSR count). The van der Waals surface area contributed by atoms with E-state index < -0.39 is 0 Å². The van der Waals surface area contributed by atoms with Crippen LogP contribution < -0.4 is 10.2 Å². The minimum atomic E-state index is 0. The molecular weight excluding hydrogens is 344 g/mol. The fourth-order valence-corrected chi connectivity index (χ4v) is 3.81. The summed E-state index contributed by atoms with van der Waals surface area (Å²) in [5, 5.41) is 3.87. The number of nitrogens with one attached hydrogen (secondary N) is 1. The molecule has 0 spiro atoms. The van der Waals surface area contributed by atoms with Crippen molar-refractivity contribution in [2.45, 2.75) is 38.3 Å². The molecule has 26 heavy (non-hydrogen) atoms. The summed E-state index contributed by atoms with van der Waals surface area (Å²) in [6.45, 7) is 4.35. The zero-order valence-corrected chi connectivity index (χ0v) is 16.0. The minimum Gasteiger partial charge on any atom is -0.341 e. The lowest BCUT2D eigenvalue weighted by molar-refractivity contribution is 0.405. The van der Waals surface area contributed by atoms with Gasteiger partial charge >= 0.3 is 0 Å². The minimum absolute atomic E-state index is 0. The summed E-state index contributed by atoms with van der Waals surface area (Å²) in [5.41, 5.74) is 2.81. The van der Waals surface area contributed by atoms with Gasteiger partial charge in [0, 0.05) is 37.6 Å². The Kier molecular flexibility index (Phi) is 6.28. The normalized spacial score (nSPS) is 23.4. The summed E-state index contributed by atoms with van der Waals surface area (Å²) >= 11 is 0. The van der Waals surface area contributed by atoms with Crippen molar-refractivity contribution < 1.29 is 0 Å². The SMILES string of the molecule is CC(=Cc1ccccc1)[C@@H]1C[C@H]1NC1CCN(c2ncccn2)CC1.Cl. The predicted octanol–water partition coefficient (Wildman–Crippen LogP) is 3.95. The monoisotopic (exact) mass is 370 g/mol. The van der Waals surface area contributed by atoms with E-state index in [9.17, 15) is 0 Å². The quantitative estimate of drug-likeness (QED) is 0.865. The van der Waals surface area contributed by atoms with Gasteiger partial charge in [0.15, 0.2) is 0 Å². The van der Waals surface area contributed by atoms with Crippen molar-refractivity contribution in [3.63, 3.8) is 0 Å². The second kappa shape index (κ2) is 8.65. The fourth-order valence-electron chi connectivity index (χ4n) is 3.81. The highest BCUT2D eigenvalue weighted by Crippen LogP contribution is 2.38. The molecule has 1 N–H and O–H groups in total. The second-order valence-corrected chi connectivity index (χ2v) is 7.22. The molecule has 1 aromatic carbocycles. The zero-order valence-electron chi connectivity index (χ0n) is 15.2. The number of rotatable bonds is 5. The van der Waals surface area contributed by atoms with Crippen molar-refractivity contribution in [3.05, 3.63) is 59.9 Å². The van der Waals surface area contributed by atoms with Crippen molar-refractivity contribution in [3.8, 4) is 0 Å². The molecule has 1 aliphatic heterocycles. The van der Waals surface area contributed by atoms with Gasteiger partial charge < -0.3 is 10.2 Å². The Balaban J connectivity index is 0.00000196. The van der Waals surface area contributed by atoms with Gasteiger partial charge in [-0.3, -0.25) is 0 Å². The van der Waals surface area contributed by atoms with Crippen LogP contribution in [0, 0.1) is 5.92 Å². The van der Waals surface area contributed by atoms with Gasteiger partial charge in [-0.25, -0.2) is 9.97 Å². The molecule has 2 atom stereocenters. The van der Waals surface area contributed by atoms with E-state index in [-0.39, 0.29) is 12.4 Å². The maximum absolute atomic E-state index is 4.36. The van der Waals surface area contributed by atoms with Crippen molar-refractivity contribution in [1.82, 2.24) is 15.3 Å². The maximum Gasteiger partial charge on any atom is 0.225 e. The molecule has 2 aliphatic rings. The van der Waals surface area contributed by atoms with Crippen LogP contribution in [0.3, 0.4) is 0 Å². The van der Waals surface area contributed by atoms with Gasteiger partial charge in [-0.1, -0.05) is 42.0 Å². The Morgan fingerprint density at radius 2 is 1.77 bits per heavy atom.